The molecule has 2 N–H and O–H groups in total. The third-order valence-corrected chi connectivity index (χ3v) is 5.22. The molecule has 1 saturated heterocycles. The number of carbonyl (C=O) groups is 3. The summed E-state index contributed by atoms with van der Waals surface area (Å²) in [7, 11) is 3.46. The first-order chi connectivity index (χ1) is 14.5. The molecule has 8 heteroatoms. The van der Waals surface area contributed by atoms with Gasteiger partial charge in [-0.25, -0.2) is 4.79 Å². The summed E-state index contributed by atoms with van der Waals surface area (Å²) in [6.45, 7) is 0.0795. The van der Waals surface area contributed by atoms with Crippen molar-refractivity contribution < 1.29 is 19.1 Å². The van der Waals surface area contributed by atoms with Crippen molar-refractivity contribution in [1.29, 1.82) is 0 Å². The molecular weight excluding hydrogens is 384 g/mol. The van der Waals surface area contributed by atoms with E-state index in [4.69, 9.17) is 4.74 Å². The van der Waals surface area contributed by atoms with Gasteiger partial charge in [-0.3, -0.25) is 14.5 Å². The van der Waals surface area contributed by atoms with Gasteiger partial charge in [-0.05, 0) is 24.3 Å². The first-order valence-corrected chi connectivity index (χ1v) is 9.55. The van der Waals surface area contributed by atoms with Crippen LogP contribution in [0, 0.1) is 0 Å². The monoisotopic (exact) mass is 406 g/mol. The number of methoxy groups -OCH3 is 1. The molecule has 154 valence electrons. The van der Waals surface area contributed by atoms with Gasteiger partial charge >= 0.3 is 6.03 Å². The number of ether oxygens (including phenoxy) is 1. The van der Waals surface area contributed by atoms with E-state index in [-0.39, 0.29) is 18.9 Å². The van der Waals surface area contributed by atoms with Crippen molar-refractivity contribution in [3.63, 3.8) is 0 Å². The Morgan fingerprint density at radius 1 is 1.13 bits per heavy atom. The second kappa shape index (κ2) is 7.90. The average Bonchev–Trinajstić information content (AvgIpc) is 3.24. The molecule has 1 aromatic heterocycles. The van der Waals surface area contributed by atoms with Crippen LogP contribution in [0.5, 0.6) is 5.75 Å². The lowest BCUT2D eigenvalue weighted by molar-refractivity contribution is -0.130. The largest absolute Gasteiger partial charge is 0.496 e. The number of urea groups is 1. The van der Waals surface area contributed by atoms with Gasteiger partial charge in [0.15, 0.2) is 0 Å². The van der Waals surface area contributed by atoms with Crippen molar-refractivity contribution in [2.75, 3.05) is 12.4 Å². The standard InChI is InChI=1S/C22H22N4O4/c1-25-11-10-15-16(7-5-8-18(15)25)23-20(27)12-17-21(28)26(22(29)24-17)13-14-6-3-4-9-19(14)30-2/h3-11,17H,12-13H2,1-2H3,(H,23,27)(H,24,29)/t17-/m1/s1. The Bertz CT molecular complexity index is 1140. The van der Waals surface area contributed by atoms with E-state index in [1.54, 1.807) is 12.1 Å². The van der Waals surface area contributed by atoms with Crippen LogP contribution in [0.1, 0.15) is 12.0 Å². The highest BCUT2D eigenvalue weighted by molar-refractivity contribution is 6.08. The smallest absolute Gasteiger partial charge is 0.325 e. The fourth-order valence-electron chi connectivity index (χ4n) is 3.67. The number of aromatic nitrogens is 1. The van der Waals surface area contributed by atoms with Gasteiger partial charge < -0.3 is 19.9 Å². The van der Waals surface area contributed by atoms with E-state index >= 15 is 0 Å². The average molecular weight is 406 g/mol. The SMILES string of the molecule is COc1ccccc1CN1C(=O)N[C@H](CC(=O)Nc2cccc3c2ccn3C)C1=O. The molecule has 4 amide bonds. The molecule has 1 aliphatic heterocycles. The summed E-state index contributed by atoms with van der Waals surface area (Å²) < 4.78 is 7.24. The van der Waals surface area contributed by atoms with Gasteiger partial charge in [0.1, 0.15) is 11.8 Å². The molecule has 0 bridgehead atoms. The van der Waals surface area contributed by atoms with E-state index < -0.39 is 18.0 Å². The number of imide groups is 1. The van der Waals surface area contributed by atoms with Gasteiger partial charge in [0.2, 0.25) is 5.91 Å². The highest BCUT2D eigenvalue weighted by atomic mass is 16.5. The lowest BCUT2D eigenvalue weighted by Crippen LogP contribution is -2.34. The van der Waals surface area contributed by atoms with Gasteiger partial charge in [-0.15, -0.1) is 0 Å². The molecule has 0 unspecified atom stereocenters. The Kier molecular flexibility index (Phi) is 5.14. The van der Waals surface area contributed by atoms with Crippen LogP contribution in [0.3, 0.4) is 0 Å². The molecule has 8 nitrogen and oxygen atoms in total. The van der Waals surface area contributed by atoms with Crippen molar-refractivity contribution in [3.8, 4) is 5.75 Å². The molecule has 2 aromatic carbocycles. The number of hydrogen-bond acceptors (Lipinski definition) is 4. The molecule has 0 radical (unpaired) electrons. The molecule has 4 rings (SSSR count). The van der Waals surface area contributed by atoms with Crippen LogP contribution in [0.15, 0.2) is 54.7 Å². The summed E-state index contributed by atoms with van der Waals surface area (Å²) in [5.74, 6) is -0.182. The van der Waals surface area contributed by atoms with E-state index in [0.29, 0.717) is 17.0 Å². The van der Waals surface area contributed by atoms with Gasteiger partial charge in [0.05, 0.1) is 25.8 Å². The number of anilines is 1. The number of amides is 4. The summed E-state index contributed by atoms with van der Waals surface area (Å²) in [5, 5.41) is 6.36. The van der Waals surface area contributed by atoms with Gasteiger partial charge in [-0.1, -0.05) is 24.3 Å². The summed E-state index contributed by atoms with van der Waals surface area (Å²) >= 11 is 0. The molecule has 1 fully saturated rings. The van der Waals surface area contributed by atoms with Crippen molar-refractivity contribution in [2.45, 2.75) is 19.0 Å². The molecule has 3 aromatic rings. The van der Waals surface area contributed by atoms with E-state index in [0.717, 1.165) is 15.8 Å². The van der Waals surface area contributed by atoms with E-state index in [2.05, 4.69) is 10.6 Å². The van der Waals surface area contributed by atoms with Crippen LogP contribution in [0.4, 0.5) is 10.5 Å². The fraction of sp³-hybridized carbons (Fsp3) is 0.227. The number of carbonyl (C=O) groups excluding carboxylic acids is 3. The van der Waals surface area contributed by atoms with Crippen molar-refractivity contribution in [2.24, 2.45) is 7.05 Å². The summed E-state index contributed by atoms with van der Waals surface area (Å²) in [5.41, 5.74) is 2.37. The van der Waals surface area contributed by atoms with Gasteiger partial charge in [0, 0.05) is 29.7 Å². The normalized spacial score (nSPS) is 16.1. The molecular formula is C22H22N4O4. The maximum absolute atomic E-state index is 12.7. The predicted octanol–water partition coefficient (Wildman–Crippen LogP) is 2.64. The predicted molar refractivity (Wildman–Crippen MR) is 112 cm³/mol. The van der Waals surface area contributed by atoms with Crippen LogP contribution < -0.4 is 15.4 Å². The summed E-state index contributed by atoms with van der Waals surface area (Å²) in [4.78, 5) is 38.8. The molecule has 0 spiro atoms. The molecule has 30 heavy (non-hydrogen) atoms. The molecule has 2 heterocycles. The number of benzene rings is 2. The first kappa shape index (κ1) is 19.5. The minimum atomic E-state index is -0.901. The summed E-state index contributed by atoms with van der Waals surface area (Å²) in [6, 6.07) is 13.3. The Morgan fingerprint density at radius 2 is 1.93 bits per heavy atom. The highest BCUT2D eigenvalue weighted by Crippen LogP contribution is 2.25. The number of hydrogen-bond donors (Lipinski definition) is 2. The Labute approximate surface area is 173 Å². The maximum atomic E-state index is 12.7. The van der Waals surface area contributed by atoms with Crippen LogP contribution in [0.2, 0.25) is 0 Å². The molecule has 0 saturated carbocycles. The van der Waals surface area contributed by atoms with Gasteiger partial charge in [0.25, 0.3) is 5.91 Å². The van der Waals surface area contributed by atoms with Gasteiger partial charge in [-0.2, -0.15) is 0 Å². The van der Waals surface area contributed by atoms with Crippen LogP contribution >= 0.6 is 0 Å². The number of para-hydroxylation sites is 1. The number of nitrogens with one attached hydrogen (secondary N) is 2. The fourth-order valence-corrected chi connectivity index (χ4v) is 3.67. The highest BCUT2D eigenvalue weighted by Gasteiger charge is 2.39. The number of rotatable bonds is 6. The number of aryl methyl sites for hydroxylation is 1. The second-order valence-electron chi connectivity index (χ2n) is 7.16. The van der Waals surface area contributed by atoms with Crippen molar-refractivity contribution in [3.05, 3.63) is 60.3 Å². The van der Waals surface area contributed by atoms with Crippen LogP contribution in [-0.4, -0.2) is 40.5 Å². The maximum Gasteiger partial charge on any atom is 0.325 e. The van der Waals surface area contributed by atoms with Crippen molar-refractivity contribution >= 4 is 34.4 Å². The third-order valence-electron chi connectivity index (χ3n) is 5.22. The summed E-state index contributed by atoms with van der Waals surface area (Å²) in [6.07, 6.45) is 1.77. The second-order valence-corrected chi connectivity index (χ2v) is 7.16. The lowest BCUT2D eigenvalue weighted by atomic mass is 10.1. The molecule has 0 aliphatic carbocycles. The van der Waals surface area contributed by atoms with Crippen LogP contribution in [0.25, 0.3) is 10.9 Å². The molecule has 1 atom stereocenters. The Balaban J connectivity index is 1.44. The zero-order valence-electron chi connectivity index (χ0n) is 16.7. The van der Waals surface area contributed by atoms with Crippen molar-refractivity contribution in [1.82, 2.24) is 14.8 Å². The number of nitrogens with zero attached hydrogens (tertiary/aromatic N) is 2. The number of fused-ring (bicyclic) bond motifs is 1. The minimum absolute atomic E-state index is 0.0795. The van der Waals surface area contributed by atoms with Crippen LogP contribution in [-0.2, 0) is 23.2 Å². The zero-order valence-corrected chi connectivity index (χ0v) is 16.7. The quantitative estimate of drug-likeness (QED) is 0.616. The van der Waals surface area contributed by atoms with E-state index in [1.165, 1.54) is 7.11 Å². The minimum Gasteiger partial charge on any atom is -0.496 e. The lowest BCUT2D eigenvalue weighted by Gasteiger charge is -2.15. The first-order valence-electron chi connectivity index (χ1n) is 9.55. The topological polar surface area (TPSA) is 92.7 Å². The zero-order chi connectivity index (χ0) is 21.3. The Hall–Kier alpha value is -3.81. The third kappa shape index (κ3) is 3.59. The van der Waals surface area contributed by atoms with E-state index in [9.17, 15) is 14.4 Å². The van der Waals surface area contributed by atoms with E-state index in [1.807, 2.05) is 54.2 Å². The Morgan fingerprint density at radius 3 is 2.73 bits per heavy atom. The molecule has 1 aliphatic rings.